The van der Waals surface area contributed by atoms with Crippen LogP contribution >= 0.6 is 0 Å². The van der Waals surface area contributed by atoms with Crippen LogP contribution in [0, 0.1) is 12.3 Å². The first kappa shape index (κ1) is 11.1. The highest BCUT2D eigenvalue weighted by molar-refractivity contribution is 5.07. The van der Waals surface area contributed by atoms with Crippen molar-refractivity contribution in [3.8, 4) is 0 Å². The van der Waals surface area contributed by atoms with Crippen LogP contribution in [0.4, 0.5) is 13.2 Å². The maximum Gasteiger partial charge on any atom is 0.394 e. The zero-order valence-corrected chi connectivity index (χ0v) is 8.40. The van der Waals surface area contributed by atoms with E-state index in [0.717, 1.165) is 0 Å². The van der Waals surface area contributed by atoms with Crippen LogP contribution in [0.1, 0.15) is 25.4 Å². The van der Waals surface area contributed by atoms with Crippen molar-refractivity contribution < 1.29 is 17.6 Å². The number of aryl methyl sites for hydroxylation is 1. The average molecular weight is 206 g/mol. The summed E-state index contributed by atoms with van der Waals surface area (Å²) in [6.07, 6.45) is -4.32. The minimum atomic E-state index is -4.20. The Labute approximate surface area is 80.9 Å². The summed E-state index contributed by atoms with van der Waals surface area (Å²) in [6, 6.07) is 3.25. The van der Waals surface area contributed by atoms with Crippen molar-refractivity contribution in [2.75, 3.05) is 0 Å². The Bertz CT molecular complexity index is 309. The number of furan rings is 1. The van der Waals surface area contributed by atoms with Gasteiger partial charge < -0.3 is 4.42 Å². The van der Waals surface area contributed by atoms with Gasteiger partial charge in [0.1, 0.15) is 11.5 Å². The lowest BCUT2D eigenvalue weighted by molar-refractivity contribution is -0.212. The Kier molecular flexibility index (Phi) is 2.65. The van der Waals surface area contributed by atoms with Gasteiger partial charge in [0.25, 0.3) is 0 Å². The monoisotopic (exact) mass is 206 g/mol. The van der Waals surface area contributed by atoms with Crippen molar-refractivity contribution in [3.63, 3.8) is 0 Å². The minimum Gasteiger partial charge on any atom is -0.466 e. The first-order valence-electron chi connectivity index (χ1n) is 4.34. The van der Waals surface area contributed by atoms with E-state index in [1.165, 1.54) is 13.8 Å². The predicted octanol–water partition coefficient (Wildman–Crippen LogP) is 3.72. The number of halogens is 3. The molecule has 1 rings (SSSR count). The summed E-state index contributed by atoms with van der Waals surface area (Å²) in [6.45, 7) is 4.06. The highest BCUT2D eigenvalue weighted by Gasteiger charge is 2.47. The number of hydrogen-bond donors (Lipinski definition) is 0. The molecule has 0 aromatic carbocycles. The first-order chi connectivity index (χ1) is 6.22. The fourth-order valence-electron chi connectivity index (χ4n) is 1.12. The maximum absolute atomic E-state index is 12.5. The third-order valence-corrected chi connectivity index (χ3v) is 2.18. The summed E-state index contributed by atoms with van der Waals surface area (Å²) in [4.78, 5) is 0. The Morgan fingerprint density at radius 1 is 1.21 bits per heavy atom. The SMILES string of the molecule is Cc1ccc(CC(C)(C)C(F)(F)F)o1. The molecule has 0 atom stereocenters. The topological polar surface area (TPSA) is 13.1 Å². The molecule has 0 bridgehead atoms. The third kappa shape index (κ3) is 2.30. The molecule has 1 nitrogen and oxygen atoms in total. The minimum absolute atomic E-state index is 0.121. The van der Waals surface area contributed by atoms with Crippen molar-refractivity contribution in [1.82, 2.24) is 0 Å². The molecule has 0 amide bonds. The van der Waals surface area contributed by atoms with E-state index in [0.29, 0.717) is 11.5 Å². The Balaban J connectivity index is 2.78. The molecule has 0 saturated carbocycles. The zero-order valence-electron chi connectivity index (χ0n) is 8.40. The lowest BCUT2D eigenvalue weighted by Gasteiger charge is -2.26. The van der Waals surface area contributed by atoms with Gasteiger partial charge in [0, 0.05) is 6.42 Å². The van der Waals surface area contributed by atoms with Crippen LogP contribution in [0.25, 0.3) is 0 Å². The normalized spacial score (nSPS) is 13.3. The van der Waals surface area contributed by atoms with E-state index in [2.05, 4.69) is 0 Å². The van der Waals surface area contributed by atoms with Crippen molar-refractivity contribution in [3.05, 3.63) is 23.7 Å². The van der Waals surface area contributed by atoms with Gasteiger partial charge in [0.15, 0.2) is 0 Å². The van der Waals surface area contributed by atoms with Gasteiger partial charge in [-0.25, -0.2) is 0 Å². The number of alkyl halides is 3. The summed E-state index contributed by atoms with van der Waals surface area (Å²) in [7, 11) is 0. The molecule has 1 heterocycles. The molecule has 80 valence electrons. The molecule has 0 radical (unpaired) electrons. The van der Waals surface area contributed by atoms with Gasteiger partial charge in [0.05, 0.1) is 5.41 Å². The molecule has 0 saturated heterocycles. The van der Waals surface area contributed by atoms with Crippen LogP contribution in [-0.2, 0) is 6.42 Å². The highest BCUT2D eigenvalue weighted by atomic mass is 19.4. The number of hydrogen-bond acceptors (Lipinski definition) is 1. The number of rotatable bonds is 2. The molecule has 14 heavy (non-hydrogen) atoms. The molecule has 0 unspecified atom stereocenters. The molecule has 1 aromatic rings. The molecule has 0 N–H and O–H groups in total. The van der Waals surface area contributed by atoms with Crippen LogP contribution in [-0.4, -0.2) is 6.18 Å². The van der Waals surface area contributed by atoms with Crippen LogP contribution in [0.15, 0.2) is 16.5 Å². The lowest BCUT2D eigenvalue weighted by Crippen LogP contribution is -2.33. The highest BCUT2D eigenvalue weighted by Crippen LogP contribution is 2.40. The van der Waals surface area contributed by atoms with E-state index in [1.54, 1.807) is 19.1 Å². The predicted molar refractivity (Wildman–Crippen MR) is 47.0 cm³/mol. The van der Waals surface area contributed by atoms with E-state index in [4.69, 9.17) is 4.42 Å². The summed E-state index contributed by atoms with van der Waals surface area (Å²) >= 11 is 0. The van der Waals surface area contributed by atoms with Crippen molar-refractivity contribution in [2.45, 2.75) is 33.4 Å². The summed E-state index contributed by atoms with van der Waals surface area (Å²) in [5.74, 6) is 1.02. The second-order valence-corrected chi connectivity index (χ2v) is 4.07. The largest absolute Gasteiger partial charge is 0.466 e. The summed E-state index contributed by atoms with van der Waals surface area (Å²) < 4.78 is 42.6. The van der Waals surface area contributed by atoms with Gasteiger partial charge in [-0.15, -0.1) is 0 Å². The van der Waals surface area contributed by atoms with Gasteiger partial charge in [-0.1, -0.05) is 13.8 Å². The van der Waals surface area contributed by atoms with Crippen LogP contribution < -0.4 is 0 Å². The van der Waals surface area contributed by atoms with Crippen molar-refractivity contribution in [1.29, 1.82) is 0 Å². The summed E-state index contributed by atoms with van der Waals surface area (Å²) in [5.41, 5.74) is -1.74. The molecule has 4 heteroatoms. The average Bonchev–Trinajstić information content (AvgIpc) is 2.31. The van der Waals surface area contributed by atoms with E-state index >= 15 is 0 Å². The molecule has 0 aliphatic heterocycles. The van der Waals surface area contributed by atoms with Gasteiger partial charge in [0.2, 0.25) is 0 Å². The molecular formula is C10H13F3O. The van der Waals surface area contributed by atoms with Crippen molar-refractivity contribution >= 4 is 0 Å². The van der Waals surface area contributed by atoms with E-state index in [9.17, 15) is 13.2 Å². The fourth-order valence-corrected chi connectivity index (χ4v) is 1.12. The van der Waals surface area contributed by atoms with E-state index in [-0.39, 0.29) is 6.42 Å². The van der Waals surface area contributed by atoms with Gasteiger partial charge in [-0.3, -0.25) is 0 Å². The van der Waals surface area contributed by atoms with E-state index in [1.807, 2.05) is 0 Å². The van der Waals surface area contributed by atoms with Crippen LogP contribution in [0.2, 0.25) is 0 Å². The quantitative estimate of drug-likeness (QED) is 0.718. The second-order valence-electron chi connectivity index (χ2n) is 4.07. The van der Waals surface area contributed by atoms with Crippen LogP contribution in [0.3, 0.4) is 0 Å². The van der Waals surface area contributed by atoms with Crippen LogP contribution in [0.5, 0.6) is 0 Å². The Morgan fingerprint density at radius 3 is 2.14 bits per heavy atom. The standard InChI is InChI=1S/C10H13F3O/c1-7-4-5-8(14-7)6-9(2,3)10(11,12)13/h4-5H,6H2,1-3H3. The molecule has 0 aliphatic carbocycles. The molecular weight excluding hydrogens is 193 g/mol. The van der Waals surface area contributed by atoms with Gasteiger partial charge >= 0.3 is 6.18 Å². The third-order valence-electron chi connectivity index (χ3n) is 2.18. The summed E-state index contributed by atoms with van der Waals surface area (Å²) in [5, 5.41) is 0. The lowest BCUT2D eigenvalue weighted by atomic mass is 9.87. The zero-order chi connectivity index (χ0) is 11.0. The van der Waals surface area contributed by atoms with Gasteiger partial charge in [-0.2, -0.15) is 13.2 Å². The molecule has 1 aromatic heterocycles. The van der Waals surface area contributed by atoms with E-state index < -0.39 is 11.6 Å². The fraction of sp³-hybridized carbons (Fsp3) is 0.600. The Morgan fingerprint density at radius 2 is 1.79 bits per heavy atom. The first-order valence-corrected chi connectivity index (χ1v) is 4.34. The Hall–Kier alpha value is -0.930. The van der Waals surface area contributed by atoms with Crippen molar-refractivity contribution in [2.24, 2.45) is 5.41 Å². The molecule has 0 spiro atoms. The second kappa shape index (κ2) is 3.33. The smallest absolute Gasteiger partial charge is 0.394 e. The maximum atomic E-state index is 12.5. The molecule has 0 aliphatic rings. The van der Waals surface area contributed by atoms with Gasteiger partial charge in [-0.05, 0) is 19.1 Å². The molecule has 0 fully saturated rings.